The van der Waals surface area contributed by atoms with Gasteiger partial charge in [-0.05, 0) is 19.4 Å². The highest BCUT2D eigenvalue weighted by atomic mass is 16.1. The number of hydrogen-bond donors (Lipinski definition) is 2. The van der Waals surface area contributed by atoms with Gasteiger partial charge < -0.3 is 10.6 Å². The molecule has 1 fully saturated rings. The molecule has 1 rings (SSSR count). The third-order valence-corrected chi connectivity index (χ3v) is 2.17. The first-order chi connectivity index (χ1) is 5.83. The fraction of sp³-hybridized carbons (Fsp3) is 0.889. The van der Waals surface area contributed by atoms with Crippen LogP contribution >= 0.6 is 0 Å². The molecule has 0 spiro atoms. The summed E-state index contributed by atoms with van der Waals surface area (Å²) in [7, 11) is 1.86. The number of carbonyl (C=O) groups is 1. The zero-order valence-corrected chi connectivity index (χ0v) is 7.73. The number of amides is 1. The maximum atomic E-state index is 11.1. The van der Waals surface area contributed by atoms with E-state index in [9.17, 15) is 4.79 Å². The summed E-state index contributed by atoms with van der Waals surface area (Å²) >= 11 is 0. The minimum absolute atomic E-state index is 0.171. The first kappa shape index (κ1) is 9.52. The van der Waals surface area contributed by atoms with E-state index in [1.165, 1.54) is 19.3 Å². The average Bonchev–Trinajstić information content (AvgIpc) is 2.84. The highest BCUT2D eigenvalue weighted by Crippen LogP contribution is 2.31. The molecule has 0 atom stereocenters. The molecule has 1 aliphatic carbocycles. The normalized spacial score (nSPS) is 16.1. The van der Waals surface area contributed by atoms with E-state index in [1.54, 1.807) is 0 Å². The Balaban J connectivity index is 1.86. The molecule has 1 amide bonds. The number of rotatable bonds is 6. The summed E-state index contributed by atoms with van der Waals surface area (Å²) in [5.74, 6) is 1.08. The van der Waals surface area contributed by atoms with Gasteiger partial charge in [0.25, 0.3) is 0 Å². The van der Waals surface area contributed by atoms with Gasteiger partial charge >= 0.3 is 0 Å². The first-order valence-electron chi connectivity index (χ1n) is 4.74. The van der Waals surface area contributed by atoms with Crippen molar-refractivity contribution in [2.45, 2.75) is 25.7 Å². The highest BCUT2D eigenvalue weighted by Gasteiger charge is 2.20. The smallest absolute Gasteiger partial charge is 0.221 e. The van der Waals surface area contributed by atoms with E-state index in [2.05, 4.69) is 10.6 Å². The molecule has 2 N–H and O–H groups in total. The summed E-state index contributed by atoms with van der Waals surface area (Å²) in [6.07, 6.45) is 4.51. The molecule has 3 nitrogen and oxygen atoms in total. The van der Waals surface area contributed by atoms with Crippen molar-refractivity contribution in [3.8, 4) is 0 Å². The minimum Gasteiger partial charge on any atom is -0.356 e. The molecule has 12 heavy (non-hydrogen) atoms. The molecule has 1 aliphatic rings. The van der Waals surface area contributed by atoms with Gasteiger partial charge in [0.1, 0.15) is 0 Å². The summed E-state index contributed by atoms with van der Waals surface area (Å²) in [6.45, 7) is 1.64. The lowest BCUT2D eigenvalue weighted by molar-refractivity contribution is -0.120. The molecule has 0 aromatic heterocycles. The van der Waals surface area contributed by atoms with E-state index < -0.39 is 0 Å². The van der Waals surface area contributed by atoms with Gasteiger partial charge in [0.15, 0.2) is 0 Å². The summed E-state index contributed by atoms with van der Waals surface area (Å²) < 4.78 is 0. The maximum Gasteiger partial charge on any atom is 0.221 e. The van der Waals surface area contributed by atoms with Crippen LogP contribution in [-0.4, -0.2) is 26.0 Å². The lowest BCUT2D eigenvalue weighted by atomic mass is 10.3. The molecular weight excluding hydrogens is 152 g/mol. The van der Waals surface area contributed by atoms with Gasteiger partial charge in [0.2, 0.25) is 5.91 Å². The molecule has 3 heteroatoms. The molecule has 0 aromatic rings. The second kappa shape index (κ2) is 5.14. The van der Waals surface area contributed by atoms with Crippen LogP contribution in [0.1, 0.15) is 25.7 Å². The van der Waals surface area contributed by atoms with Gasteiger partial charge in [0, 0.05) is 19.5 Å². The van der Waals surface area contributed by atoms with Crippen molar-refractivity contribution in [3.63, 3.8) is 0 Å². The summed E-state index contributed by atoms with van der Waals surface area (Å²) in [5, 5.41) is 5.86. The largest absolute Gasteiger partial charge is 0.356 e. The Kier molecular flexibility index (Phi) is 4.08. The van der Waals surface area contributed by atoms with Gasteiger partial charge in [-0.3, -0.25) is 4.79 Å². The predicted molar refractivity (Wildman–Crippen MR) is 48.9 cm³/mol. The molecule has 0 saturated heterocycles. The van der Waals surface area contributed by atoms with Crippen molar-refractivity contribution in [1.82, 2.24) is 10.6 Å². The molecule has 1 saturated carbocycles. The zero-order valence-electron chi connectivity index (χ0n) is 7.73. The van der Waals surface area contributed by atoms with E-state index >= 15 is 0 Å². The Morgan fingerprint density at radius 1 is 1.42 bits per heavy atom. The molecule has 0 radical (unpaired) electrons. The third-order valence-electron chi connectivity index (χ3n) is 2.17. The summed E-state index contributed by atoms with van der Waals surface area (Å²) in [4.78, 5) is 11.1. The van der Waals surface area contributed by atoms with E-state index in [4.69, 9.17) is 0 Å². The molecule has 0 unspecified atom stereocenters. The van der Waals surface area contributed by atoms with Crippen molar-refractivity contribution in [2.75, 3.05) is 20.1 Å². The lowest BCUT2D eigenvalue weighted by Crippen LogP contribution is -2.27. The monoisotopic (exact) mass is 170 g/mol. The Hall–Kier alpha value is -0.570. The quantitative estimate of drug-likeness (QED) is 0.610. The van der Waals surface area contributed by atoms with E-state index in [0.717, 1.165) is 19.0 Å². The molecule has 0 aliphatic heterocycles. The van der Waals surface area contributed by atoms with Crippen LogP contribution in [0.2, 0.25) is 0 Å². The van der Waals surface area contributed by atoms with Crippen LogP contribution < -0.4 is 10.6 Å². The molecule has 0 aromatic carbocycles. The Morgan fingerprint density at radius 3 is 2.75 bits per heavy atom. The van der Waals surface area contributed by atoms with Gasteiger partial charge in [-0.1, -0.05) is 12.8 Å². The van der Waals surface area contributed by atoms with Gasteiger partial charge in [-0.25, -0.2) is 0 Å². The SMILES string of the molecule is CNCCC(=O)NCCC1CC1. The molecule has 0 bridgehead atoms. The number of nitrogens with one attached hydrogen (secondary N) is 2. The Labute approximate surface area is 73.9 Å². The molecular formula is C9H18N2O. The lowest BCUT2D eigenvalue weighted by Gasteiger charge is -2.03. The summed E-state index contributed by atoms with van der Waals surface area (Å²) in [5.41, 5.74) is 0. The second-order valence-corrected chi connectivity index (χ2v) is 3.44. The topological polar surface area (TPSA) is 41.1 Å². The van der Waals surface area contributed by atoms with E-state index in [-0.39, 0.29) is 5.91 Å². The molecule has 0 heterocycles. The Bertz CT molecular complexity index is 143. The van der Waals surface area contributed by atoms with Crippen molar-refractivity contribution in [1.29, 1.82) is 0 Å². The Morgan fingerprint density at radius 2 is 2.17 bits per heavy atom. The van der Waals surface area contributed by atoms with Crippen molar-refractivity contribution in [3.05, 3.63) is 0 Å². The second-order valence-electron chi connectivity index (χ2n) is 3.44. The van der Waals surface area contributed by atoms with Crippen LogP contribution in [0.4, 0.5) is 0 Å². The van der Waals surface area contributed by atoms with Crippen LogP contribution in [0.5, 0.6) is 0 Å². The fourth-order valence-electron chi connectivity index (χ4n) is 1.15. The summed E-state index contributed by atoms with van der Waals surface area (Å²) in [6, 6.07) is 0. The van der Waals surface area contributed by atoms with E-state index in [0.29, 0.717) is 6.42 Å². The zero-order chi connectivity index (χ0) is 8.81. The fourth-order valence-corrected chi connectivity index (χ4v) is 1.15. The highest BCUT2D eigenvalue weighted by molar-refractivity contribution is 5.75. The first-order valence-corrected chi connectivity index (χ1v) is 4.74. The van der Waals surface area contributed by atoms with Gasteiger partial charge in [0.05, 0.1) is 0 Å². The average molecular weight is 170 g/mol. The van der Waals surface area contributed by atoms with Crippen LogP contribution in [0.25, 0.3) is 0 Å². The van der Waals surface area contributed by atoms with Crippen LogP contribution in [0.3, 0.4) is 0 Å². The van der Waals surface area contributed by atoms with Crippen molar-refractivity contribution < 1.29 is 4.79 Å². The third kappa shape index (κ3) is 4.34. The number of hydrogen-bond acceptors (Lipinski definition) is 2. The minimum atomic E-state index is 0.171. The van der Waals surface area contributed by atoms with Crippen molar-refractivity contribution in [2.24, 2.45) is 5.92 Å². The number of carbonyl (C=O) groups excluding carboxylic acids is 1. The predicted octanol–water partition coefficient (Wildman–Crippen LogP) is 0.512. The van der Waals surface area contributed by atoms with Crippen LogP contribution in [0.15, 0.2) is 0 Å². The van der Waals surface area contributed by atoms with Gasteiger partial charge in [-0.2, -0.15) is 0 Å². The standard InChI is InChI=1S/C9H18N2O/c1-10-6-5-9(12)11-7-4-8-2-3-8/h8,10H,2-7H2,1H3,(H,11,12). The van der Waals surface area contributed by atoms with Crippen LogP contribution in [0, 0.1) is 5.92 Å². The van der Waals surface area contributed by atoms with Gasteiger partial charge in [-0.15, -0.1) is 0 Å². The molecule has 70 valence electrons. The maximum absolute atomic E-state index is 11.1. The van der Waals surface area contributed by atoms with Crippen LogP contribution in [-0.2, 0) is 4.79 Å². The van der Waals surface area contributed by atoms with Crippen molar-refractivity contribution >= 4 is 5.91 Å². The van der Waals surface area contributed by atoms with E-state index in [1.807, 2.05) is 7.05 Å².